The first-order valence-corrected chi connectivity index (χ1v) is 6.73. The zero-order valence-electron chi connectivity index (χ0n) is 10.8. The summed E-state index contributed by atoms with van der Waals surface area (Å²) in [6, 6.07) is 0. The van der Waals surface area contributed by atoms with Gasteiger partial charge in [-0.25, -0.2) is 0 Å². The van der Waals surface area contributed by atoms with E-state index in [9.17, 15) is 0 Å². The van der Waals surface area contributed by atoms with Crippen LogP contribution in [0.25, 0.3) is 0 Å². The Morgan fingerprint density at radius 1 is 0.933 bits per heavy atom. The Kier molecular flexibility index (Phi) is 9.63. The molecule has 0 aliphatic heterocycles. The molecule has 1 atom stereocenters. The van der Waals surface area contributed by atoms with Gasteiger partial charge in [0.2, 0.25) is 0 Å². The van der Waals surface area contributed by atoms with Crippen molar-refractivity contribution in [3.8, 4) is 0 Å². The number of alkyl halides is 1. The Morgan fingerprint density at radius 3 is 2.00 bits per heavy atom. The van der Waals surface area contributed by atoms with E-state index in [0.717, 1.165) is 43.8 Å². The molecule has 0 aromatic heterocycles. The molecule has 0 aliphatic carbocycles. The van der Waals surface area contributed by atoms with Gasteiger partial charge >= 0.3 is 0 Å². The molecule has 15 heavy (non-hydrogen) atoms. The van der Waals surface area contributed by atoms with Crippen molar-refractivity contribution in [3.63, 3.8) is 0 Å². The molecule has 0 amide bonds. The lowest BCUT2D eigenvalue weighted by molar-refractivity contribution is 0.110. The lowest BCUT2D eigenvalue weighted by Gasteiger charge is -2.16. The van der Waals surface area contributed by atoms with Gasteiger partial charge in [0.1, 0.15) is 0 Å². The number of hydrogen-bond acceptors (Lipinski definition) is 1. The van der Waals surface area contributed by atoms with E-state index in [0.29, 0.717) is 5.92 Å². The van der Waals surface area contributed by atoms with Crippen molar-refractivity contribution in [2.45, 2.75) is 47.0 Å². The summed E-state index contributed by atoms with van der Waals surface area (Å²) in [4.78, 5) is 0. The highest BCUT2D eigenvalue weighted by molar-refractivity contribution is 6.18. The topological polar surface area (TPSA) is 9.23 Å². The van der Waals surface area contributed by atoms with Gasteiger partial charge in [0.05, 0.1) is 0 Å². The third-order valence-corrected chi connectivity index (χ3v) is 2.97. The molecule has 0 saturated heterocycles. The third-order valence-electron chi connectivity index (χ3n) is 2.53. The van der Waals surface area contributed by atoms with Crippen LogP contribution in [-0.4, -0.2) is 19.1 Å². The van der Waals surface area contributed by atoms with Crippen molar-refractivity contribution in [2.24, 2.45) is 17.8 Å². The molecule has 0 heterocycles. The zero-order valence-corrected chi connectivity index (χ0v) is 11.5. The molecule has 0 N–H and O–H groups in total. The molecule has 0 bridgehead atoms. The van der Waals surface area contributed by atoms with Crippen LogP contribution in [0.15, 0.2) is 0 Å². The van der Waals surface area contributed by atoms with E-state index in [4.69, 9.17) is 16.3 Å². The summed E-state index contributed by atoms with van der Waals surface area (Å²) in [5.74, 6) is 2.88. The minimum Gasteiger partial charge on any atom is -0.381 e. The second-order valence-corrected chi connectivity index (χ2v) is 5.54. The Bertz CT molecular complexity index is 134. The molecule has 0 spiro atoms. The van der Waals surface area contributed by atoms with Crippen LogP contribution in [0, 0.1) is 17.8 Å². The average Bonchev–Trinajstić information content (AvgIpc) is 2.14. The predicted molar refractivity (Wildman–Crippen MR) is 68.6 cm³/mol. The largest absolute Gasteiger partial charge is 0.381 e. The van der Waals surface area contributed by atoms with Crippen molar-refractivity contribution in [1.29, 1.82) is 0 Å². The van der Waals surface area contributed by atoms with Crippen molar-refractivity contribution >= 4 is 11.6 Å². The van der Waals surface area contributed by atoms with Crippen LogP contribution in [-0.2, 0) is 4.74 Å². The Morgan fingerprint density at radius 2 is 1.53 bits per heavy atom. The molecule has 0 aromatic carbocycles. The lowest BCUT2D eigenvalue weighted by Crippen LogP contribution is -2.10. The van der Waals surface area contributed by atoms with E-state index < -0.39 is 0 Å². The highest BCUT2D eigenvalue weighted by Crippen LogP contribution is 2.17. The van der Waals surface area contributed by atoms with E-state index in [2.05, 4.69) is 27.7 Å². The molecular weight excluding hydrogens is 208 g/mol. The summed E-state index contributed by atoms with van der Waals surface area (Å²) in [7, 11) is 0. The Hall–Kier alpha value is 0.250. The van der Waals surface area contributed by atoms with Crippen LogP contribution < -0.4 is 0 Å². The molecule has 92 valence electrons. The maximum absolute atomic E-state index is 5.92. The fourth-order valence-corrected chi connectivity index (χ4v) is 1.88. The lowest BCUT2D eigenvalue weighted by atomic mass is 9.96. The quantitative estimate of drug-likeness (QED) is 0.426. The van der Waals surface area contributed by atoms with Gasteiger partial charge < -0.3 is 4.74 Å². The summed E-state index contributed by atoms with van der Waals surface area (Å²) < 4.78 is 5.60. The highest BCUT2D eigenvalue weighted by atomic mass is 35.5. The van der Waals surface area contributed by atoms with Gasteiger partial charge in [-0.15, -0.1) is 11.6 Å². The van der Waals surface area contributed by atoms with E-state index in [1.165, 1.54) is 6.42 Å². The van der Waals surface area contributed by atoms with Crippen LogP contribution in [0.2, 0.25) is 0 Å². The molecule has 0 radical (unpaired) electrons. The summed E-state index contributed by atoms with van der Waals surface area (Å²) in [5.41, 5.74) is 0. The molecule has 0 saturated carbocycles. The predicted octanol–water partition coefficient (Wildman–Crippen LogP) is 4.34. The average molecular weight is 235 g/mol. The van der Waals surface area contributed by atoms with Crippen LogP contribution in [0.5, 0.6) is 0 Å². The van der Waals surface area contributed by atoms with Crippen LogP contribution in [0.4, 0.5) is 0 Å². The normalized spacial score (nSPS) is 13.8. The van der Waals surface area contributed by atoms with Crippen LogP contribution in [0.1, 0.15) is 47.0 Å². The van der Waals surface area contributed by atoms with Gasteiger partial charge in [-0.1, -0.05) is 27.7 Å². The second kappa shape index (κ2) is 9.47. The number of rotatable bonds is 9. The maximum Gasteiger partial charge on any atom is 0.0469 e. The number of ether oxygens (including phenoxy) is 1. The molecule has 0 aliphatic rings. The van der Waals surface area contributed by atoms with Crippen molar-refractivity contribution in [3.05, 3.63) is 0 Å². The SMILES string of the molecule is CC(C)CCOCCC(CCl)CC(C)C. The molecule has 1 nitrogen and oxygen atoms in total. The van der Waals surface area contributed by atoms with E-state index >= 15 is 0 Å². The second-order valence-electron chi connectivity index (χ2n) is 5.23. The Labute approximate surface area is 101 Å². The minimum atomic E-state index is 0.630. The van der Waals surface area contributed by atoms with Crippen LogP contribution >= 0.6 is 11.6 Å². The molecule has 2 heteroatoms. The van der Waals surface area contributed by atoms with E-state index in [1.54, 1.807) is 0 Å². The summed E-state index contributed by atoms with van der Waals surface area (Å²) >= 11 is 5.92. The summed E-state index contributed by atoms with van der Waals surface area (Å²) in [6.07, 6.45) is 3.49. The van der Waals surface area contributed by atoms with Gasteiger partial charge in [0, 0.05) is 19.1 Å². The summed E-state index contributed by atoms with van der Waals surface area (Å²) in [5, 5.41) is 0. The van der Waals surface area contributed by atoms with E-state index in [1.807, 2.05) is 0 Å². The minimum absolute atomic E-state index is 0.630. The Balaban J connectivity index is 3.38. The van der Waals surface area contributed by atoms with Gasteiger partial charge in [-0.05, 0) is 37.0 Å². The van der Waals surface area contributed by atoms with Crippen molar-refractivity contribution in [2.75, 3.05) is 19.1 Å². The molecule has 1 unspecified atom stereocenters. The first-order chi connectivity index (χ1) is 7.06. The number of halogens is 1. The molecular formula is C13H27ClO. The smallest absolute Gasteiger partial charge is 0.0469 e. The van der Waals surface area contributed by atoms with Gasteiger partial charge in [0.15, 0.2) is 0 Å². The molecule has 0 aromatic rings. The summed E-state index contributed by atoms with van der Waals surface area (Å²) in [6.45, 7) is 10.7. The third kappa shape index (κ3) is 10.5. The fourth-order valence-electron chi connectivity index (χ4n) is 1.60. The number of hydrogen-bond donors (Lipinski definition) is 0. The molecule has 0 rings (SSSR count). The van der Waals surface area contributed by atoms with Gasteiger partial charge in [-0.3, -0.25) is 0 Å². The monoisotopic (exact) mass is 234 g/mol. The van der Waals surface area contributed by atoms with E-state index in [-0.39, 0.29) is 0 Å². The zero-order chi connectivity index (χ0) is 11.7. The highest BCUT2D eigenvalue weighted by Gasteiger charge is 2.09. The molecule has 0 fully saturated rings. The van der Waals surface area contributed by atoms with Gasteiger partial charge in [0.25, 0.3) is 0 Å². The fraction of sp³-hybridized carbons (Fsp3) is 1.00. The first-order valence-electron chi connectivity index (χ1n) is 6.20. The van der Waals surface area contributed by atoms with Gasteiger partial charge in [-0.2, -0.15) is 0 Å². The van der Waals surface area contributed by atoms with Crippen LogP contribution in [0.3, 0.4) is 0 Å². The first kappa shape index (κ1) is 15.2. The van der Waals surface area contributed by atoms with Crippen molar-refractivity contribution < 1.29 is 4.74 Å². The maximum atomic E-state index is 5.92. The standard InChI is InChI=1S/C13H27ClO/c1-11(2)5-7-15-8-6-13(10-14)9-12(3)4/h11-13H,5-10H2,1-4H3. The van der Waals surface area contributed by atoms with Crippen molar-refractivity contribution in [1.82, 2.24) is 0 Å².